The van der Waals surface area contributed by atoms with Crippen LogP contribution in [0.15, 0.2) is 42.5 Å². The van der Waals surface area contributed by atoms with E-state index in [1.807, 2.05) is 40.8 Å². The van der Waals surface area contributed by atoms with Gasteiger partial charge in [-0.05, 0) is 47.1 Å². The van der Waals surface area contributed by atoms with Crippen molar-refractivity contribution in [2.24, 2.45) is 0 Å². The molecule has 1 saturated carbocycles. The van der Waals surface area contributed by atoms with Crippen LogP contribution in [0.5, 0.6) is 0 Å². The molecule has 0 aliphatic heterocycles. The van der Waals surface area contributed by atoms with Crippen LogP contribution in [-0.4, -0.2) is 6.04 Å². The lowest BCUT2D eigenvalue weighted by molar-refractivity contribution is 0.619. The van der Waals surface area contributed by atoms with E-state index in [4.69, 9.17) is 5.73 Å². The summed E-state index contributed by atoms with van der Waals surface area (Å²) in [6.45, 7) is 0.774. The molecule has 3 rings (SSSR count). The molecule has 2 nitrogen and oxygen atoms in total. The molecule has 4 heteroatoms. The maximum absolute atomic E-state index is 13.9. The van der Waals surface area contributed by atoms with Gasteiger partial charge in [0.15, 0.2) is 0 Å². The van der Waals surface area contributed by atoms with E-state index < -0.39 is 0 Å². The lowest BCUT2D eigenvalue weighted by Gasteiger charge is -2.26. The first-order valence-electron chi connectivity index (χ1n) is 6.70. The summed E-state index contributed by atoms with van der Waals surface area (Å²) in [4.78, 5) is 2.23. The average molecular weight is 382 g/mol. The maximum Gasteiger partial charge on any atom is 0.138 e. The first-order valence-corrected chi connectivity index (χ1v) is 7.78. The van der Waals surface area contributed by atoms with Gasteiger partial charge in [-0.15, -0.1) is 0 Å². The number of hydrogen-bond donors (Lipinski definition) is 1. The Morgan fingerprint density at radius 3 is 2.55 bits per heavy atom. The van der Waals surface area contributed by atoms with Crippen LogP contribution in [-0.2, 0) is 6.54 Å². The van der Waals surface area contributed by atoms with E-state index in [0.29, 0.717) is 15.3 Å². The molecule has 0 bridgehead atoms. The van der Waals surface area contributed by atoms with Gasteiger partial charge in [-0.1, -0.05) is 30.3 Å². The van der Waals surface area contributed by atoms with Gasteiger partial charge in [0.2, 0.25) is 0 Å². The van der Waals surface area contributed by atoms with Gasteiger partial charge in [0, 0.05) is 18.7 Å². The van der Waals surface area contributed by atoms with Crippen molar-refractivity contribution >= 4 is 34.0 Å². The highest BCUT2D eigenvalue weighted by atomic mass is 127. The smallest absolute Gasteiger partial charge is 0.138 e. The topological polar surface area (TPSA) is 29.3 Å². The second-order valence-electron chi connectivity index (χ2n) is 5.17. The highest BCUT2D eigenvalue weighted by Gasteiger charge is 2.30. The number of nitrogen functional groups attached to an aromatic ring is 1. The van der Waals surface area contributed by atoms with Crippen molar-refractivity contribution in [2.75, 3.05) is 10.6 Å². The predicted molar refractivity (Wildman–Crippen MR) is 89.2 cm³/mol. The Kier molecular flexibility index (Phi) is 3.83. The number of benzene rings is 2. The van der Waals surface area contributed by atoms with Gasteiger partial charge >= 0.3 is 0 Å². The summed E-state index contributed by atoms with van der Waals surface area (Å²) in [6, 6.07) is 14.0. The number of anilines is 2. The molecule has 0 amide bonds. The summed E-state index contributed by atoms with van der Waals surface area (Å²) in [5.74, 6) is -0.200. The van der Waals surface area contributed by atoms with Gasteiger partial charge in [-0.3, -0.25) is 0 Å². The van der Waals surface area contributed by atoms with E-state index in [1.165, 1.54) is 5.56 Å². The second kappa shape index (κ2) is 5.60. The number of nitrogens with two attached hydrogens (primary N) is 1. The Bertz CT molecular complexity index is 611. The molecule has 0 radical (unpaired) electrons. The van der Waals surface area contributed by atoms with Crippen molar-refractivity contribution in [2.45, 2.75) is 25.4 Å². The zero-order valence-electron chi connectivity index (χ0n) is 11.0. The zero-order chi connectivity index (χ0) is 14.1. The third kappa shape index (κ3) is 2.90. The Morgan fingerprint density at radius 1 is 1.20 bits per heavy atom. The van der Waals surface area contributed by atoms with Crippen molar-refractivity contribution in [3.05, 3.63) is 57.4 Å². The molecule has 0 saturated heterocycles. The molecule has 1 aliphatic rings. The highest BCUT2D eigenvalue weighted by molar-refractivity contribution is 14.1. The zero-order valence-corrected chi connectivity index (χ0v) is 13.2. The quantitative estimate of drug-likeness (QED) is 0.635. The van der Waals surface area contributed by atoms with Crippen LogP contribution in [0.2, 0.25) is 0 Å². The second-order valence-corrected chi connectivity index (χ2v) is 6.33. The summed E-state index contributed by atoms with van der Waals surface area (Å²) < 4.78 is 14.4. The minimum Gasteiger partial charge on any atom is -0.397 e. The van der Waals surface area contributed by atoms with Crippen molar-refractivity contribution in [1.29, 1.82) is 0 Å². The lowest BCUT2D eigenvalue weighted by Crippen LogP contribution is -2.26. The van der Waals surface area contributed by atoms with Crippen LogP contribution < -0.4 is 10.6 Å². The Labute approximate surface area is 131 Å². The Morgan fingerprint density at radius 2 is 1.90 bits per heavy atom. The molecular formula is C16H16FIN2. The molecule has 2 aromatic carbocycles. The van der Waals surface area contributed by atoms with E-state index in [-0.39, 0.29) is 5.82 Å². The molecule has 20 heavy (non-hydrogen) atoms. The molecule has 1 aliphatic carbocycles. The molecule has 0 unspecified atom stereocenters. The van der Waals surface area contributed by atoms with Crippen LogP contribution in [0.1, 0.15) is 18.4 Å². The summed E-state index contributed by atoms with van der Waals surface area (Å²) in [5.41, 5.74) is 8.78. The van der Waals surface area contributed by atoms with Crippen LogP contribution in [0.3, 0.4) is 0 Å². The van der Waals surface area contributed by atoms with Crippen molar-refractivity contribution < 1.29 is 4.39 Å². The van der Waals surface area contributed by atoms with Crippen LogP contribution in [0.4, 0.5) is 15.8 Å². The normalized spacial score (nSPS) is 14.3. The number of nitrogens with zero attached hydrogens (tertiary/aromatic N) is 1. The van der Waals surface area contributed by atoms with Gasteiger partial charge in [0.05, 0.1) is 14.9 Å². The standard InChI is InChI=1S/C16H16FIN2/c17-13-8-16(15(19)9-14(13)18)20(12-6-7-12)10-11-4-2-1-3-5-11/h1-5,8-9,12H,6-7,10,19H2. The molecule has 0 aromatic heterocycles. The lowest BCUT2D eigenvalue weighted by atomic mass is 10.1. The van der Waals surface area contributed by atoms with Crippen molar-refractivity contribution in [1.82, 2.24) is 0 Å². The number of hydrogen-bond acceptors (Lipinski definition) is 2. The molecule has 0 heterocycles. The first-order chi connectivity index (χ1) is 9.65. The summed E-state index contributed by atoms with van der Waals surface area (Å²) in [6.07, 6.45) is 2.31. The maximum atomic E-state index is 13.9. The monoisotopic (exact) mass is 382 g/mol. The highest BCUT2D eigenvalue weighted by Crippen LogP contribution is 2.37. The van der Waals surface area contributed by atoms with Crippen LogP contribution in [0.25, 0.3) is 0 Å². The Hall–Kier alpha value is -1.30. The van der Waals surface area contributed by atoms with E-state index in [1.54, 1.807) is 12.1 Å². The first kappa shape index (κ1) is 13.7. The van der Waals surface area contributed by atoms with Crippen LogP contribution in [0, 0.1) is 9.39 Å². The minimum absolute atomic E-state index is 0.200. The molecule has 2 N–H and O–H groups in total. The van der Waals surface area contributed by atoms with Crippen LogP contribution >= 0.6 is 22.6 Å². The molecule has 2 aromatic rings. The predicted octanol–water partition coefficient (Wildman–Crippen LogP) is 4.18. The number of halogens is 2. The molecule has 1 fully saturated rings. The molecular weight excluding hydrogens is 366 g/mol. The van der Waals surface area contributed by atoms with Crippen molar-refractivity contribution in [3.8, 4) is 0 Å². The molecule has 0 spiro atoms. The fraction of sp³-hybridized carbons (Fsp3) is 0.250. The van der Waals surface area contributed by atoms with E-state index in [0.717, 1.165) is 25.1 Å². The van der Waals surface area contributed by atoms with Gasteiger partial charge < -0.3 is 10.6 Å². The largest absolute Gasteiger partial charge is 0.397 e. The number of rotatable bonds is 4. The fourth-order valence-electron chi connectivity index (χ4n) is 2.38. The third-order valence-corrected chi connectivity index (χ3v) is 4.39. The van der Waals surface area contributed by atoms with Gasteiger partial charge in [0.1, 0.15) is 5.82 Å². The van der Waals surface area contributed by atoms with Gasteiger partial charge in [-0.2, -0.15) is 0 Å². The minimum atomic E-state index is -0.200. The molecule has 104 valence electrons. The average Bonchev–Trinajstić information content (AvgIpc) is 3.26. The fourth-order valence-corrected chi connectivity index (χ4v) is 2.87. The summed E-state index contributed by atoms with van der Waals surface area (Å²) >= 11 is 1.97. The van der Waals surface area contributed by atoms with Gasteiger partial charge in [0.25, 0.3) is 0 Å². The summed E-state index contributed by atoms with van der Waals surface area (Å²) in [5, 5.41) is 0. The van der Waals surface area contributed by atoms with E-state index in [9.17, 15) is 4.39 Å². The van der Waals surface area contributed by atoms with E-state index in [2.05, 4.69) is 17.0 Å². The van der Waals surface area contributed by atoms with Gasteiger partial charge in [-0.25, -0.2) is 4.39 Å². The summed E-state index contributed by atoms with van der Waals surface area (Å²) in [7, 11) is 0. The Balaban J connectivity index is 1.93. The van der Waals surface area contributed by atoms with E-state index >= 15 is 0 Å². The third-order valence-electron chi connectivity index (χ3n) is 3.56. The SMILES string of the molecule is Nc1cc(I)c(F)cc1N(Cc1ccccc1)C1CC1. The molecule has 0 atom stereocenters. The van der Waals surface area contributed by atoms with Crippen molar-refractivity contribution in [3.63, 3.8) is 0 Å².